The Kier molecular flexibility index (Phi) is 5.97. The second-order valence-corrected chi connectivity index (χ2v) is 6.95. The van der Waals surface area contributed by atoms with Crippen LogP contribution in [-0.2, 0) is 13.6 Å². The summed E-state index contributed by atoms with van der Waals surface area (Å²) in [6.45, 7) is 2.36. The molecule has 0 aliphatic rings. The van der Waals surface area contributed by atoms with E-state index in [1.54, 1.807) is 12.1 Å². The summed E-state index contributed by atoms with van der Waals surface area (Å²) in [7, 11) is 1.51. The first-order valence-electron chi connectivity index (χ1n) is 8.51. The minimum atomic E-state index is -0.974. The number of aliphatic hydroxyl groups excluding tert-OH is 1. The highest BCUT2D eigenvalue weighted by Crippen LogP contribution is 2.27. The number of aromatic amines is 1. The van der Waals surface area contributed by atoms with Crippen molar-refractivity contribution in [2.75, 3.05) is 18.5 Å². The van der Waals surface area contributed by atoms with Crippen molar-refractivity contribution in [2.24, 2.45) is 7.05 Å². The number of rotatable bonds is 7. The third-order valence-corrected chi connectivity index (χ3v) is 4.59. The van der Waals surface area contributed by atoms with Gasteiger partial charge < -0.3 is 19.7 Å². The van der Waals surface area contributed by atoms with E-state index in [1.807, 2.05) is 6.92 Å². The zero-order chi connectivity index (χ0) is 20.4. The summed E-state index contributed by atoms with van der Waals surface area (Å²) in [6.07, 6.45) is -0.974. The SMILES string of the molecule is CCNc1nc2c(c(=O)[nH]c(=O)n2C)n1C[C@@H](O)COc1ccc(Cl)cc1Cl. The van der Waals surface area contributed by atoms with Gasteiger partial charge in [-0.3, -0.25) is 14.3 Å². The van der Waals surface area contributed by atoms with Gasteiger partial charge in [-0.25, -0.2) is 4.79 Å². The highest BCUT2D eigenvalue weighted by Gasteiger charge is 2.19. The Morgan fingerprint density at radius 1 is 1.36 bits per heavy atom. The molecule has 2 heterocycles. The first-order chi connectivity index (χ1) is 13.3. The zero-order valence-corrected chi connectivity index (χ0v) is 16.7. The molecule has 150 valence electrons. The average molecular weight is 428 g/mol. The fourth-order valence-electron chi connectivity index (χ4n) is 2.75. The Balaban J connectivity index is 1.88. The molecule has 1 aromatic carbocycles. The number of imidazole rings is 1. The van der Waals surface area contributed by atoms with Crippen LogP contribution in [0.2, 0.25) is 10.0 Å². The lowest BCUT2D eigenvalue weighted by Gasteiger charge is -2.16. The number of aryl methyl sites for hydroxylation is 1. The van der Waals surface area contributed by atoms with Gasteiger partial charge >= 0.3 is 5.69 Å². The summed E-state index contributed by atoms with van der Waals surface area (Å²) >= 11 is 11.9. The number of anilines is 1. The van der Waals surface area contributed by atoms with Crippen molar-refractivity contribution in [3.63, 3.8) is 0 Å². The number of hydrogen-bond acceptors (Lipinski definition) is 6. The molecule has 0 bridgehead atoms. The van der Waals surface area contributed by atoms with E-state index >= 15 is 0 Å². The van der Waals surface area contributed by atoms with E-state index in [-0.39, 0.29) is 24.3 Å². The predicted octanol–water partition coefficient (Wildman–Crippen LogP) is 1.60. The van der Waals surface area contributed by atoms with Crippen molar-refractivity contribution in [3.05, 3.63) is 49.1 Å². The van der Waals surface area contributed by atoms with Crippen LogP contribution >= 0.6 is 23.2 Å². The molecule has 9 nitrogen and oxygen atoms in total. The van der Waals surface area contributed by atoms with Crippen LogP contribution in [0.3, 0.4) is 0 Å². The fourth-order valence-corrected chi connectivity index (χ4v) is 3.21. The van der Waals surface area contributed by atoms with E-state index in [4.69, 9.17) is 27.9 Å². The van der Waals surface area contributed by atoms with E-state index in [9.17, 15) is 14.7 Å². The van der Waals surface area contributed by atoms with E-state index in [0.29, 0.717) is 28.3 Å². The molecule has 11 heteroatoms. The molecular weight excluding hydrogens is 409 g/mol. The van der Waals surface area contributed by atoms with Crippen molar-refractivity contribution in [3.8, 4) is 5.75 Å². The molecule has 0 fully saturated rings. The van der Waals surface area contributed by atoms with Gasteiger partial charge in [0.25, 0.3) is 5.56 Å². The Labute approximate surface area is 169 Å². The van der Waals surface area contributed by atoms with Crippen LogP contribution in [0, 0.1) is 0 Å². The second-order valence-electron chi connectivity index (χ2n) is 6.11. The molecule has 0 unspecified atom stereocenters. The Morgan fingerprint density at radius 3 is 2.79 bits per heavy atom. The summed E-state index contributed by atoms with van der Waals surface area (Å²) in [6, 6.07) is 4.77. The highest BCUT2D eigenvalue weighted by molar-refractivity contribution is 6.35. The smallest absolute Gasteiger partial charge is 0.329 e. The maximum absolute atomic E-state index is 12.3. The first kappa shape index (κ1) is 20.2. The van der Waals surface area contributed by atoms with Gasteiger partial charge in [0, 0.05) is 18.6 Å². The van der Waals surface area contributed by atoms with Gasteiger partial charge in [-0.2, -0.15) is 4.98 Å². The number of aliphatic hydroxyl groups is 1. The molecule has 3 rings (SSSR count). The van der Waals surface area contributed by atoms with Gasteiger partial charge in [0.15, 0.2) is 11.2 Å². The van der Waals surface area contributed by atoms with E-state index in [0.717, 1.165) is 0 Å². The summed E-state index contributed by atoms with van der Waals surface area (Å²) in [5, 5.41) is 14.3. The van der Waals surface area contributed by atoms with Gasteiger partial charge in [-0.05, 0) is 25.1 Å². The summed E-state index contributed by atoms with van der Waals surface area (Å²) in [4.78, 5) is 30.7. The second kappa shape index (κ2) is 8.26. The lowest BCUT2D eigenvalue weighted by atomic mass is 10.3. The van der Waals surface area contributed by atoms with Crippen LogP contribution in [0.1, 0.15) is 6.92 Å². The lowest BCUT2D eigenvalue weighted by Crippen LogP contribution is -2.31. The number of benzene rings is 1. The Morgan fingerprint density at radius 2 is 2.11 bits per heavy atom. The maximum Gasteiger partial charge on any atom is 0.329 e. The summed E-state index contributed by atoms with van der Waals surface area (Å²) in [5.74, 6) is 0.750. The average Bonchev–Trinajstić information content (AvgIpc) is 2.98. The quantitative estimate of drug-likeness (QED) is 0.527. The van der Waals surface area contributed by atoms with Crippen LogP contribution in [0.4, 0.5) is 5.95 Å². The number of H-pyrrole nitrogens is 1. The van der Waals surface area contributed by atoms with Crippen LogP contribution in [-0.4, -0.2) is 43.5 Å². The van der Waals surface area contributed by atoms with Crippen molar-refractivity contribution in [1.29, 1.82) is 0 Å². The number of hydrogen-bond donors (Lipinski definition) is 3. The third-order valence-electron chi connectivity index (χ3n) is 4.06. The molecule has 0 aliphatic heterocycles. The predicted molar refractivity (Wildman–Crippen MR) is 108 cm³/mol. The molecule has 0 amide bonds. The van der Waals surface area contributed by atoms with Gasteiger partial charge in [-0.1, -0.05) is 23.2 Å². The molecule has 0 aliphatic carbocycles. The summed E-state index contributed by atoms with van der Waals surface area (Å²) < 4.78 is 8.31. The van der Waals surface area contributed by atoms with Gasteiger partial charge in [0.2, 0.25) is 5.95 Å². The number of nitrogens with one attached hydrogen (secondary N) is 2. The molecule has 0 saturated carbocycles. The highest BCUT2D eigenvalue weighted by atomic mass is 35.5. The maximum atomic E-state index is 12.3. The van der Waals surface area contributed by atoms with E-state index < -0.39 is 17.4 Å². The van der Waals surface area contributed by atoms with Crippen molar-refractivity contribution < 1.29 is 9.84 Å². The van der Waals surface area contributed by atoms with Crippen LogP contribution in [0.15, 0.2) is 27.8 Å². The molecule has 2 aromatic heterocycles. The minimum absolute atomic E-state index is 0.0192. The lowest BCUT2D eigenvalue weighted by molar-refractivity contribution is 0.0939. The Hall–Kier alpha value is -2.49. The molecule has 0 spiro atoms. The van der Waals surface area contributed by atoms with Crippen LogP contribution in [0.5, 0.6) is 5.75 Å². The third kappa shape index (κ3) is 4.01. The molecular formula is C17H19Cl2N5O4. The van der Waals surface area contributed by atoms with Gasteiger partial charge in [0.05, 0.1) is 11.6 Å². The molecule has 0 saturated heterocycles. The fraction of sp³-hybridized carbons (Fsp3) is 0.353. The van der Waals surface area contributed by atoms with E-state index in [1.165, 1.54) is 22.2 Å². The number of aromatic nitrogens is 4. The largest absolute Gasteiger partial charge is 0.489 e. The van der Waals surface area contributed by atoms with Crippen molar-refractivity contribution in [2.45, 2.75) is 19.6 Å². The minimum Gasteiger partial charge on any atom is -0.489 e. The first-order valence-corrected chi connectivity index (χ1v) is 9.26. The summed E-state index contributed by atoms with van der Waals surface area (Å²) in [5.41, 5.74) is -0.740. The topological polar surface area (TPSA) is 114 Å². The normalized spacial score (nSPS) is 12.3. The number of halogens is 2. The number of ether oxygens (including phenoxy) is 1. The molecule has 3 N–H and O–H groups in total. The monoisotopic (exact) mass is 427 g/mol. The number of nitrogens with zero attached hydrogens (tertiary/aromatic N) is 3. The van der Waals surface area contributed by atoms with Crippen LogP contribution < -0.4 is 21.3 Å². The van der Waals surface area contributed by atoms with Crippen molar-refractivity contribution >= 4 is 40.3 Å². The Bertz CT molecular complexity index is 1120. The molecule has 3 aromatic rings. The van der Waals surface area contributed by atoms with Crippen LogP contribution in [0.25, 0.3) is 11.2 Å². The zero-order valence-electron chi connectivity index (χ0n) is 15.2. The van der Waals surface area contributed by atoms with E-state index in [2.05, 4.69) is 15.3 Å². The number of fused-ring (bicyclic) bond motifs is 1. The molecule has 1 atom stereocenters. The van der Waals surface area contributed by atoms with Gasteiger partial charge in [-0.15, -0.1) is 0 Å². The molecule has 0 radical (unpaired) electrons. The molecule has 28 heavy (non-hydrogen) atoms. The standard InChI is InChI=1S/C17H19Cl2N5O4/c1-3-20-16-21-14-13(15(26)22-17(27)23(14)2)24(16)7-10(25)8-28-12-5-4-9(18)6-11(12)19/h4-6,10,25H,3,7-8H2,1-2H3,(H,20,21)(H,22,26,27)/t10-/m1/s1. The van der Waals surface area contributed by atoms with Gasteiger partial charge in [0.1, 0.15) is 18.5 Å². The van der Waals surface area contributed by atoms with Crippen molar-refractivity contribution in [1.82, 2.24) is 19.1 Å².